The Morgan fingerprint density at radius 3 is 1.96 bits per heavy atom. The lowest BCUT2D eigenvalue weighted by molar-refractivity contribution is 0.662. The molecule has 0 amide bonds. The van der Waals surface area contributed by atoms with Crippen molar-refractivity contribution in [1.82, 2.24) is 4.57 Å². The van der Waals surface area contributed by atoms with Gasteiger partial charge in [-0.15, -0.1) is 0 Å². The molecule has 2 heterocycles. The van der Waals surface area contributed by atoms with Gasteiger partial charge in [-0.2, -0.15) is 0 Å². The first-order valence-corrected chi connectivity index (χ1v) is 15.7. The summed E-state index contributed by atoms with van der Waals surface area (Å²) in [6.07, 6.45) is 0. The Bertz CT molecular complexity index is 2670. The van der Waals surface area contributed by atoms with Crippen molar-refractivity contribution >= 4 is 54.5 Å². The van der Waals surface area contributed by atoms with E-state index in [1.807, 2.05) is 0 Å². The summed E-state index contributed by atoms with van der Waals surface area (Å²) in [7, 11) is 0. The highest BCUT2D eigenvalue weighted by atomic mass is 16.3. The predicted octanol–water partition coefficient (Wildman–Crippen LogP) is 11.8. The van der Waals surface area contributed by atoms with E-state index >= 15 is 0 Å². The fraction of sp³-hybridized carbons (Fsp3) is 0.0698. The zero-order valence-corrected chi connectivity index (χ0v) is 25.1. The average Bonchev–Trinajstić information content (AvgIpc) is 3.72. The van der Waals surface area contributed by atoms with Crippen molar-refractivity contribution in [3.63, 3.8) is 0 Å². The van der Waals surface area contributed by atoms with Crippen molar-refractivity contribution in [3.8, 4) is 27.9 Å². The number of nitrogens with zero attached hydrogens (tertiary/aromatic N) is 1. The number of benzene rings is 7. The summed E-state index contributed by atoms with van der Waals surface area (Å²) < 4.78 is 9.15. The third-order valence-electron chi connectivity index (χ3n) is 10.2. The summed E-state index contributed by atoms with van der Waals surface area (Å²) in [6.45, 7) is 4.72. The minimum atomic E-state index is -0.0675. The van der Waals surface area contributed by atoms with Crippen LogP contribution >= 0.6 is 0 Å². The second-order valence-corrected chi connectivity index (χ2v) is 12.9. The van der Waals surface area contributed by atoms with Crippen LogP contribution < -0.4 is 0 Å². The van der Waals surface area contributed by atoms with E-state index in [0.717, 1.165) is 27.8 Å². The zero-order chi connectivity index (χ0) is 29.9. The summed E-state index contributed by atoms with van der Waals surface area (Å²) in [5.41, 5.74) is 13.2. The molecule has 0 saturated heterocycles. The number of hydrogen-bond acceptors (Lipinski definition) is 1. The maximum atomic E-state index is 6.74. The molecule has 0 atom stereocenters. The first kappa shape index (κ1) is 24.8. The van der Waals surface area contributed by atoms with Crippen LogP contribution in [0.5, 0.6) is 0 Å². The van der Waals surface area contributed by atoms with Crippen molar-refractivity contribution in [3.05, 3.63) is 151 Å². The Hall–Kier alpha value is -5.60. The van der Waals surface area contributed by atoms with E-state index in [1.165, 1.54) is 65.8 Å². The summed E-state index contributed by atoms with van der Waals surface area (Å²) >= 11 is 0. The van der Waals surface area contributed by atoms with Crippen LogP contribution in [0.25, 0.3) is 82.5 Å². The molecular weight excluding hydrogens is 546 g/mol. The molecule has 0 unspecified atom stereocenters. The van der Waals surface area contributed by atoms with Gasteiger partial charge in [0.25, 0.3) is 0 Å². The molecule has 0 aliphatic heterocycles. The Balaban J connectivity index is 1.25. The van der Waals surface area contributed by atoms with Crippen molar-refractivity contribution in [2.24, 2.45) is 0 Å². The molecule has 7 aromatic carbocycles. The minimum Gasteiger partial charge on any atom is -0.454 e. The molecule has 10 rings (SSSR count). The Labute approximate surface area is 260 Å². The van der Waals surface area contributed by atoms with Gasteiger partial charge in [0.1, 0.15) is 5.58 Å². The van der Waals surface area contributed by atoms with Gasteiger partial charge in [0.05, 0.1) is 11.0 Å². The van der Waals surface area contributed by atoms with Crippen molar-refractivity contribution < 1.29 is 4.42 Å². The van der Waals surface area contributed by atoms with E-state index < -0.39 is 0 Å². The molecule has 2 aromatic heterocycles. The molecule has 2 heteroatoms. The Morgan fingerprint density at radius 1 is 0.511 bits per heavy atom. The van der Waals surface area contributed by atoms with Gasteiger partial charge < -0.3 is 8.98 Å². The standard InChI is InChI=1S/C43H29NO/c1-43(2)35-19-8-5-12-29(35)32-18-11-17-28(40(32)43)26-22-24-27(25-23-26)44-36-20-9-6-15-33(36)38-30-13-3-4-14-31(30)39-34-16-7-10-21-37(34)45-42(39)41(38)44/h3-25H,1-2H3. The van der Waals surface area contributed by atoms with Crippen LogP contribution in [0.1, 0.15) is 25.0 Å². The van der Waals surface area contributed by atoms with Crippen molar-refractivity contribution in [2.75, 3.05) is 0 Å². The van der Waals surface area contributed by atoms with Crippen molar-refractivity contribution in [1.29, 1.82) is 0 Å². The summed E-state index contributed by atoms with van der Waals surface area (Å²) in [6, 6.07) is 50.7. The lowest BCUT2D eigenvalue weighted by atomic mass is 9.79. The highest BCUT2D eigenvalue weighted by Gasteiger charge is 2.37. The minimum absolute atomic E-state index is 0.0675. The maximum Gasteiger partial charge on any atom is 0.160 e. The molecule has 2 nitrogen and oxygen atoms in total. The number of para-hydroxylation sites is 2. The zero-order valence-electron chi connectivity index (χ0n) is 25.1. The van der Waals surface area contributed by atoms with Crippen LogP contribution in [-0.4, -0.2) is 4.57 Å². The molecule has 0 bridgehead atoms. The fourth-order valence-electron chi connectivity index (χ4n) is 8.27. The van der Waals surface area contributed by atoms with Gasteiger partial charge in [-0.1, -0.05) is 129 Å². The Morgan fingerprint density at radius 2 is 1.13 bits per heavy atom. The Kier molecular flexibility index (Phi) is 4.82. The molecule has 0 N–H and O–H groups in total. The topological polar surface area (TPSA) is 18.1 Å². The van der Waals surface area contributed by atoms with Gasteiger partial charge >= 0.3 is 0 Å². The maximum absolute atomic E-state index is 6.74. The number of hydrogen-bond donors (Lipinski definition) is 0. The van der Waals surface area contributed by atoms with E-state index in [4.69, 9.17) is 4.42 Å². The molecule has 1 aliphatic rings. The van der Waals surface area contributed by atoms with Gasteiger partial charge in [-0.25, -0.2) is 0 Å². The summed E-state index contributed by atoms with van der Waals surface area (Å²) in [5, 5.41) is 7.27. The van der Waals surface area contributed by atoms with Gasteiger partial charge in [-0.3, -0.25) is 0 Å². The van der Waals surface area contributed by atoms with E-state index in [1.54, 1.807) is 0 Å². The van der Waals surface area contributed by atoms with Gasteiger partial charge in [0.2, 0.25) is 0 Å². The fourth-order valence-corrected chi connectivity index (χ4v) is 8.27. The first-order valence-electron chi connectivity index (χ1n) is 15.7. The van der Waals surface area contributed by atoms with E-state index in [0.29, 0.717) is 0 Å². The second kappa shape index (κ2) is 8.74. The third kappa shape index (κ3) is 3.18. The molecular formula is C43H29NO. The first-order chi connectivity index (χ1) is 22.1. The molecule has 9 aromatic rings. The smallest absolute Gasteiger partial charge is 0.160 e. The highest BCUT2D eigenvalue weighted by Crippen LogP contribution is 2.52. The average molecular weight is 576 g/mol. The third-order valence-corrected chi connectivity index (χ3v) is 10.2. The normalized spacial score (nSPS) is 13.7. The van der Waals surface area contributed by atoms with Gasteiger partial charge in [0, 0.05) is 32.6 Å². The molecule has 0 saturated carbocycles. The van der Waals surface area contributed by atoms with Crippen LogP contribution in [0.2, 0.25) is 0 Å². The van der Waals surface area contributed by atoms with Crippen molar-refractivity contribution in [2.45, 2.75) is 19.3 Å². The predicted molar refractivity (Wildman–Crippen MR) is 189 cm³/mol. The van der Waals surface area contributed by atoms with Crippen LogP contribution in [0.4, 0.5) is 0 Å². The largest absolute Gasteiger partial charge is 0.454 e. The molecule has 212 valence electrons. The summed E-state index contributed by atoms with van der Waals surface area (Å²) in [4.78, 5) is 0. The number of fused-ring (bicyclic) bond motifs is 13. The number of furan rings is 1. The molecule has 0 radical (unpaired) electrons. The van der Waals surface area contributed by atoms with Crippen LogP contribution in [0, 0.1) is 0 Å². The van der Waals surface area contributed by atoms with Crippen LogP contribution in [-0.2, 0) is 5.41 Å². The van der Waals surface area contributed by atoms with E-state index in [2.05, 4.69) is 158 Å². The summed E-state index contributed by atoms with van der Waals surface area (Å²) in [5.74, 6) is 0. The molecule has 0 fully saturated rings. The monoisotopic (exact) mass is 575 g/mol. The second-order valence-electron chi connectivity index (χ2n) is 12.9. The quantitative estimate of drug-likeness (QED) is 0.200. The number of aromatic nitrogens is 1. The molecule has 1 aliphatic carbocycles. The van der Waals surface area contributed by atoms with Crippen LogP contribution in [0.15, 0.2) is 144 Å². The van der Waals surface area contributed by atoms with E-state index in [-0.39, 0.29) is 5.41 Å². The molecule has 0 spiro atoms. The SMILES string of the molecule is CC1(C)c2ccccc2-c2cccc(-c3ccc(-n4c5ccccc5c5c6ccccc6c6c7ccccc7oc6c54)cc3)c21. The highest BCUT2D eigenvalue weighted by molar-refractivity contribution is 6.35. The lowest BCUT2D eigenvalue weighted by Gasteiger charge is -2.24. The van der Waals surface area contributed by atoms with Gasteiger partial charge in [-0.05, 0) is 68.4 Å². The lowest BCUT2D eigenvalue weighted by Crippen LogP contribution is -2.16. The van der Waals surface area contributed by atoms with E-state index in [9.17, 15) is 0 Å². The molecule has 45 heavy (non-hydrogen) atoms. The van der Waals surface area contributed by atoms with Crippen LogP contribution in [0.3, 0.4) is 0 Å². The number of rotatable bonds is 2. The van der Waals surface area contributed by atoms with Gasteiger partial charge in [0.15, 0.2) is 5.58 Å².